The minimum atomic E-state index is 0.526. The Bertz CT molecular complexity index is 99.0. The largest absolute Gasteiger partial charge is 0.507 e. The Kier molecular flexibility index (Phi) is 4.10. The van der Waals surface area contributed by atoms with Gasteiger partial charge in [0.2, 0.25) is 0 Å². The molecule has 0 aliphatic carbocycles. The van der Waals surface area contributed by atoms with Crippen LogP contribution >= 0.6 is 0 Å². The van der Waals surface area contributed by atoms with Gasteiger partial charge in [0.25, 0.3) is 0 Å². The standard InChI is InChI=1S/C7H12O/c1-3-7(2)5-4-6-8/h5-8H,3H2,1-2H3/t4?,7-/m0/s1. The van der Waals surface area contributed by atoms with Crippen LogP contribution in [0.15, 0.2) is 18.1 Å². The highest BCUT2D eigenvalue weighted by molar-refractivity contribution is 4.82. The van der Waals surface area contributed by atoms with Crippen LogP contribution in [0, 0.1) is 5.92 Å². The molecule has 1 heteroatoms. The minimum absolute atomic E-state index is 0.526. The zero-order valence-electron chi connectivity index (χ0n) is 5.39. The highest BCUT2D eigenvalue weighted by Crippen LogP contribution is 1.99. The van der Waals surface area contributed by atoms with E-state index in [1.54, 1.807) is 0 Å². The van der Waals surface area contributed by atoms with Gasteiger partial charge in [0.05, 0.1) is 0 Å². The maximum atomic E-state index is 8.14. The van der Waals surface area contributed by atoms with Gasteiger partial charge < -0.3 is 5.11 Å². The Labute approximate surface area is 50.3 Å². The summed E-state index contributed by atoms with van der Waals surface area (Å²) < 4.78 is 0. The Morgan fingerprint density at radius 3 is 2.75 bits per heavy atom. The van der Waals surface area contributed by atoms with Crippen LogP contribution in [0.3, 0.4) is 0 Å². The molecule has 8 heavy (non-hydrogen) atoms. The van der Waals surface area contributed by atoms with E-state index < -0.39 is 0 Å². The third kappa shape index (κ3) is 3.51. The van der Waals surface area contributed by atoms with E-state index in [1.165, 1.54) is 0 Å². The van der Waals surface area contributed by atoms with Crippen molar-refractivity contribution in [2.45, 2.75) is 20.3 Å². The van der Waals surface area contributed by atoms with Crippen LogP contribution in [0.1, 0.15) is 20.3 Å². The van der Waals surface area contributed by atoms with Crippen molar-refractivity contribution in [2.75, 3.05) is 0 Å². The normalized spacial score (nSPS) is 11.8. The highest BCUT2D eigenvalue weighted by Gasteiger charge is 1.86. The minimum Gasteiger partial charge on any atom is -0.507 e. The monoisotopic (exact) mass is 112 g/mol. The Morgan fingerprint density at radius 2 is 2.38 bits per heavy atom. The van der Waals surface area contributed by atoms with Gasteiger partial charge in [-0.05, 0) is 18.4 Å². The second-order valence-electron chi connectivity index (χ2n) is 1.85. The van der Waals surface area contributed by atoms with Gasteiger partial charge >= 0.3 is 0 Å². The van der Waals surface area contributed by atoms with Crippen molar-refractivity contribution >= 4 is 0 Å². The zero-order valence-corrected chi connectivity index (χ0v) is 5.39. The van der Waals surface area contributed by atoms with Crippen molar-refractivity contribution in [2.24, 2.45) is 5.92 Å². The van der Waals surface area contributed by atoms with E-state index in [4.69, 9.17) is 5.11 Å². The van der Waals surface area contributed by atoms with Crippen molar-refractivity contribution < 1.29 is 5.11 Å². The zero-order chi connectivity index (χ0) is 6.41. The van der Waals surface area contributed by atoms with Crippen LogP contribution in [0.2, 0.25) is 0 Å². The lowest BCUT2D eigenvalue weighted by molar-refractivity contribution is 0.474. The number of hydrogen-bond donors (Lipinski definition) is 1. The molecule has 0 aromatic rings. The van der Waals surface area contributed by atoms with Gasteiger partial charge in [0, 0.05) is 0 Å². The lowest BCUT2D eigenvalue weighted by Gasteiger charge is -1.93. The molecule has 0 spiro atoms. The van der Waals surface area contributed by atoms with Crippen molar-refractivity contribution in [3.63, 3.8) is 0 Å². The molecule has 0 unspecified atom stereocenters. The summed E-state index contributed by atoms with van der Waals surface area (Å²) in [5.74, 6) is 0.526. The number of aliphatic hydroxyl groups excluding tert-OH is 1. The number of aliphatic hydroxyl groups is 1. The van der Waals surface area contributed by atoms with Crippen molar-refractivity contribution in [3.05, 3.63) is 18.1 Å². The van der Waals surface area contributed by atoms with Crippen LogP contribution in [0.25, 0.3) is 0 Å². The highest BCUT2D eigenvalue weighted by atomic mass is 16.2. The van der Waals surface area contributed by atoms with E-state index in [2.05, 4.69) is 19.6 Å². The summed E-state index contributed by atoms with van der Waals surface area (Å²) in [5.41, 5.74) is 2.60. The Hall–Kier alpha value is -0.680. The Balaban J connectivity index is 3.52. The molecule has 0 radical (unpaired) electrons. The predicted octanol–water partition coefficient (Wildman–Crippen LogP) is 2.26. The van der Waals surface area contributed by atoms with Crippen LogP contribution < -0.4 is 0 Å². The van der Waals surface area contributed by atoms with Gasteiger partial charge in [-0.2, -0.15) is 0 Å². The summed E-state index contributed by atoms with van der Waals surface area (Å²) in [7, 11) is 0. The van der Waals surface area contributed by atoms with Gasteiger partial charge in [0.1, 0.15) is 6.26 Å². The van der Waals surface area contributed by atoms with Crippen LogP contribution in [0.5, 0.6) is 0 Å². The fourth-order valence-electron chi connectivity index (χ4n) is 0.325. The molecule has 0 bridgehead atoms. The third-order valence-electron chi connectivity index (χ3n) is 1.10. The summed E-state index contributed by atoms with van der Waals surface area (Å²) in [6.07, 6.45) is 3.88. The second kappa shape index (κ2) is 4.48. The fourth-order valence-corrected chi connectivity index (χ4v) is 0.325. The molecule has 0 fully saturated rings. The molecule has 0 amide bonds. The number of allylic oxidation sites excluding steroid dienone is 1. The summed E-state index contributed by atoms with van der Waals surface area (Å²) >= 11 is 0. The molecule has 46 valence electrons. The molecule has 0 aromatic carbocycles. The van der Waals surface area contributed by atoms with E-state index in [1.807, 2.05) is 6.08 Å². The maximum Gasteiger partial charge on any atom is 0.121 e. The van der Waals surface area contributed by atoms with Gasteiger partial charge in [-0.3, -0.25) is 0 Å². The molecule has 1 N–H and O–H groups in total. The van der Waals surface area contributed by atoms with E-state index in [0.29, 0.717) is 5.92 Å². The summed E-state index contributed by atoms with van der Waals surface area (Å²) in [6.45, 7) is 4.18. The van der Waals surface area contributed by atoms with E-state index in [0.717, 1.165) is 12.7 Å². The van der Waals surface area contributed by atoms with E-state index in [-0.39, 0.29) is 0 Å². The van der Waals surface area contributed by atoms with Crippen LogP contribution in [-0.2, 0) is 0 Å². The average molecular weight is 112 g/mol. The first-order chi connectivity index (χ1) is 3.81. The Morgan fingerprint density at radius 1 is 1.75 bits per heavy atom. The van der Waals surface area contributed by atoms with Gasteiger partial charge in [-0.1, -0.05) is 19.6 Å². The average Bonchev–Trinajstić information content (AvgIpc) is 1.83. The van der Waals surface area contributed by atoms with Crippen molar-refractivity contribution in [1.82, 2.24) is 0 Å². The van der Waals surface area contributed by atoms with Gasteiger partial charge in [-0.15, -0.1) is 0 Å². The van der Waals surface area contributed by atoms with Crippen molar-refractivity contribution in [1.29, 1.82) is 0 Å². The predicted molar refractivity (Wildman–Crippen MR) is 34.7 cm³/mol. The summed E-state index contributed by atoms with van der Waals surface area (Å²) in [6, 6.07) is 0. The molecule has 0 rings (SSSR count). The van der Waals surface area contributed by atoms with Gasteiger partial charge in [-0.25, -0.2) is 0 Å². The molecule has 1 nitrogen and oxygen atoms in total. The van der Waals surface area contributed by atoms with E-state index >= 15 is 0 Å². The first kappa shape index (κ1) is 7.32. The lowest BCUT2D eigenvalue weighted by Crippen LogP contribution is -1.81. The third-order valence-corrected chi connectivity index (χ3v) is 1.10. The number of hydrogen-bond acceptors (Lipinski definition) is 1. The molecular formula is C7H12O. The molecule has 0 saturated heterocycles. The topological polar surface area (TPSA) is 20.2 Å². The molecular weight excluding hydrogens is 100 g/mol. The van der Waals surface area contributed by atoms with Crippen LogP contribution in [-0.4, -0.2) is 5.11 Å². The van der Waals surface area contributed by atoms with Gasteiger partial charge in [0.15, 0.2) is 0 Å². The first-order valence-electron chi connectivity index (χ1n) is 2.86. The molecule has 0 aliphatic heterocycles. The molecule has 0 aliphatic rings. The first-order valence-corrected chi connectivity index (χ1v) is 2.86. The lowest BCUT2D eigenvalue weighted by atomic mass is 10.1. The van der Waals surface area contributed by atoms with E-state index in [9.17, 15) is 0 Å². The SMILES string of the molecule is CC[C@H](C)C=C=CO. The molecule has 1 atom stereocenters. The maximum absolute atomic E-state index is 8.14. The van der Waals surface area contributed by atoms with Crippen LogP contribution in [0.4, 0.5) is 0 Å². The molecule has 0 heterocycles. The molecule has 0 saturated carbocycles. The van der Waals surface area contributed by atoms with Crippen molar-refractivity contribution in [3.8, 4) is 0 Å². The fraction of sp³-hybridized carbons (Fsp3) is 0.571. The number of rotatable bonds is 2. The quantitative estimate of drug-likeness (QED) is 0.429. The molecule has 0 aromatic heterocycles. The summed E-state index contributed by atoms with van der Waals surface area (Å²) in [4.78, 5) is 0. The smallest absolute Gasteiger partial charge is 0.121 e. The summed E-state index contributed by atoms with van der Waals surface area (Å²) in [5, 5.41) is 8.14. The second-order valence-corrected chi connectivity index (χ2v) is 1.85.